The number of hydrogen-bond acceptors (Lipinski definition) is 5. The Bertz CT molecular complexity index is 964. The number of hydrogen-bond donors (Lipinski definition) is 0. The normalized spacial score (nSPS) is 17.2. The molecular weight excluding hydrogens is 334 g/mol. The summed E-state index contributed by atoms with van der Waals surface area (Å²) in [7, 11) is 0. The van der Waals surface area contributed by atoms with Gasteiger partial charge in [-0.3, -0.25) is 4.79 Å². The van der Waals surface area contributed by atoms with Gasteiger partial charge in [-0.15, -0.1) is 0 Å². The van der Waals surface area contributed by atoms with Crippen molar-refractivity contribution in [3.8, 4) is 5.82 Å². The minimum atomic E-state index is -0.0847. The number of aromatic nitrogens is 3. The van der Waals surface area contributed by atoms with Gasteiger partial charge in [0.1, 0.15) is 5.82 Å². The average molecular weight is 353 g/mol. The molecule has 0 N–H and O–H groups in total. The highest BCUT2D eigenvalue weighted by molar-refractivity contribution is 7.99. The molecule has 0 aliphatic carbocycles. The van der Waals surface area contributed by atoms with Gasteiger partial charge >= 0.3 is 0 Å². The number of para-hydroxylation sites is 1. The summed E-state index contributed by atoms with van der Waals surface area (Å²) in [5.74, 6) is 1.40. The largest absolute Gasteiger partial charge is 0.377 e. The van der Waals surface area contributed by atoms with E-state index < -0.39 is 0 Å². The third-order valence-corrected chi connectivity index (χ3v) is 5.34. The van der Waals surface area contributed by atoms with Crippen molar-refractivity contribution >= 4 is 22.7 Å². The van der Waals surface area contributed by atoms with Crippen LogP contribution in [0, 0.1) is 6.92 Å². The van der Waals surface area contributed by atoms with Gasteiger partial charge in [0.15, 0.2) is 5.16 Å². The lowest BCUT2D eigenvalue weighted by Crippen LogP contribution is -2.23. The fourth-order valence-corrected chi connectivity index (χ4v) is 4.07. The fourth-order valence-electron chi connectivity index (χ4n) is 3.01. The number of fused-ring (bicyclic) bond motifs is 1. The van der Waals surface area contributed by atoms with E-state index in [-0.39, 0.29) is 11.7 Å². The average Bonchev–Trinajstić information content (AvgIpc) is 3.13. The van der Waals surface area contributed by atoms with Gasteiger partial charge in [0, 0.05) is 18.1 Å². The Morgan fingerprint density at radius 1 is 1.20 bits per heavy atom. The Hall–Kier alpha value is -2.18. The molecule has 4 rings (SSSR count). The molecule has 1 atom stereocenters. The van der Waals surface area contributed by atoms with E-state index >= 15 is 0 Å². The Labute approximate surface area is 150 Å². The summed E-state index contributed by atoms with van der Waals surface area (Å²) in [6, 6.07) is 13.1. The summed E-state index contributed by atoms with van der Waals surface area (Å²) in [4.78, 5) is 22.4. The van der Waals surface area contributed by atoms with Crippen molar-refractivity contribution in [3.63, 3.8) is 0 Å². The molecule has 6 heteroatoms. The molecule has 0 saturated carbocycles. The Kier molecular flexibility index (Phi) is 4.55. The van der Waals surface area contributed by atoms with E-state index in [1.54, 1.807) is 16.3 Å². The zero-order chi connectivity index (χ0) is 17.2. The lowest BCUT2D eigenvalue weighted by atomic mass is 10.2. The van der Waals surface area contributed by atoms with Crippen molar-refractivity contribution in [2.45, 2.75) is 31.0 Å². The summed E-state index contributed by atoms with van der Waals surface area (Å²) in [5.41, 5.74) is 1.50. The number of pyridine rings is 1. The first-order valence-electron chi connectivity index (χ1n) is 8.42. The molecule has 2 aromatic heterocycles. The van der Waals surface area contributed by atoms with E-state index in [0.717, 1.165) is 30.9 Å². The van der Waals surface area contributed by atoms with Crippen molar-refractivity contribution in [1.82, 2.24) is 14.5 Å². The Morgan fingerprint density at radius 2 is 2.08 bits per heavy atom. The van der Waals surface area contributed by atoms with Crippen LogP contribution in [0.2, 0.25) is 0 Å². The number of nitrogens with zero attached hydrogens (tertiary/aromatic N) is 3. The highest BCUT2D eigenvalue weighted by Gasteiger charge is 2.19. The molecule has 0 bridgehead atoms. The predicted octanol–water partition coefficient (Wildman–Crippen LogP) is 3.36. The van der Waals surface area contributed by atoms with E-state index in [9.17, 15) is 4.79 Å². The summed E-state index contributed by atoms with van der Waals surface area (Å²) >= 11 is 1.56. The third kappa shape index (κ3) is 3.32. The number of aryl methyl sites for hydroxylation is 1. The van der Waals surface area contributed by atoms with Gasteiger partial charge in [0.25, 0.3) is 5.56 Å². The number of ether oxygens (including phenoxy) is 1. The highest BCUT2D eigenvalue weighted by Crippen LogP contribution is 2.24. The molecule has 1 aliphatic rings. The van der Waals surface area contributed by atoms with Crippen molar-refractivity contribution in [3.05, 3.63) is 58.5 Å². The first kappa shape index (κ1) is 16.3. The van der Waals surface area contributed by atoms with E-state index in [1.807, 2.05) is 49.4 Å². The number of benzene rings is 1. The van der Waals surface area contributed by atoms with Crippen LogP contribution in [0.5, 0.6) is 0 Å². The van der Waals surface area contributed by atoms with Crippen LogP contribution >= 0.6 is 11.8 Å². The number of thioether (sulfide) groups is 1. The van der Waals surface area contributed by atoms with E-state index in [0.29, 0.717) is 21.9 Å². The van der Waals surface area contributed by atoms with E-state index in [1.165, 1.54) is 0 Å². The van der Waals surface area contributed by atoms with Crippen LogP contribution < -0.4 is 5.56 Å². The summed E-state index contributed by atoms with van der Waals surface area (Å²) in [6.07, 6.45) is 2.39. The second-order valence-corrected chi connectivity index (χ2v) is 7.12. The zero-order valence-electron chi connectivity index (χ0n) is 14.0. The van der Waals surface area contributed by atoms with Crippen molar-refractivity contribution < 1.29 is 4.74 Å². The van der Waals surface area contributed by atoms with Crippen LogP contribution in [0.25, 0.3) is 16.7 Å². The third-order valence-electron chi connectivity index (χ3n) is 4.27. The van der Waals surface area contributed by atoms with Gasteiger partial charge < -0.3 is 4.74 Å². The molecule has 0 spiro atoms. The maximum atomic E-state index is 13.1. The fraction of sp³-hybridized carbons (Fsp3) is 0.316. The molecule has 3 heterocycles. The van der Waals surface area contributed by atoms with Gasteiger partial charge in [0.05, 0.1) is 17.0 Å². The summed E-state index contributed by atoms with van der Waals surface area (Å²) < 4.78 is 7.33. The molecule has 1 fully saturated rings. The van der Waals surface area contributed by atoms with Crippen LogP contribution in [0.1, 0.15) is 18.5 Å². The molecule has 1 aliphatic heterocycles. The van der Waals surface area contributed by atoms with Crippen molar-refractivity contribution in [2.75, 3.05) is 12.4 Å². The van der Waals surface area contributed by atoms with Crippen LogP contribution in [-0.4, -0.2) is 33.0 Å². The quantitative estimate of drug-likeness (QED) is 0.532. The molecule has 1 saturated heterocycles. The SMILES string of the molecule is Cc1cccc(-n2c(SCC3CCCO3)nc3ccccc3c2=O)n1. The molecule has 0 amide bonds. The lowest BCUT2D eigenvalue weighted by molar-refractivity contribution is 0.129. The summed E-state index contributed by atoms with van der Waals surface area (Å²) in [6.45, 7) is 2.74. The van der Waals surface area contributed by atoms with Crippen LogP contribution in [0.4, 0.5) is 0 Å². The molecule has 5 nitrogen and oxygen atoms in total. The van der Waals surface area contributed by atoms with Gasteiger partial charge in [-0.05, 0) is 44.0 Å². The van der Waals surface area contributed by atoms with Gasteiger partial charge in [-0.1, -0.05) is 30.0 Å². The van der Waals surface area contributed by atoms with Crippen LogP contribution in [-0.2, 0) is 4.74 Å². The van der Waals surface area contributed by atoms with E-state index in [4.69, 9.17) is 9.72 Å². The molecule has 1 unspecified atom stereocenters. The molecule has 25 heavy (non-hydrogen) atoms. The lowest BCUT2D eigenvalue weighted by Gasteiger charge is -2.14. The predicted molar refractivity (Wildman–Crippen MR) is 99.6 cm³/mol. The first-order chi connectivity index (χ1) is 12.2. The molecule has 0 radical (unpaired) electrons. The second-order valence-electron chi connectivity index (χ2n) is 6.14. The van der Waals surface area contributed by atoms with Crippen molar-refractivity contribution in [2.24, 2.45) is 0 Å². The van der Waals surface area contributed by atoms with Crippen LogP contribution in [0.3, 0.4) is 0 Å². The van der Waals surface area contributed by atoms with E-state index in [2.05, 4.69) is 4.98 Å². The molecule has 1 aromatic carbocycles. The van der Waals surface area contributed by atoms with Gasteiger partial charge in [-0.2, -0.15) is 0 Å². The molecule has 3 aromatic rings. The monoisotopic (exact) mass is 353 g/mol. The zero-order valence-corrected chi connectivity index (χ0v) is 14.8. The summed E-state index contributed by atoms with van der Waals surface area (Å²) in [5, 5.41) is 1.27. The standard InChI is InChI=1S/C19H19N3O2S/c1-13-6-4-10-17(20-13)22-18(23)15-8-2-3-9-16(15)21-19(22)25-12-14-7-5-11-24-14/h2-4,6,8-10,14H,5,7,11-12H2,1H3. The second kappa shape index (κ2) is 6.98. The highest BCUT2D eigenvalue weighted by atomic mass is 32.2. The van der Waals surface area contributed by atoms with Gasteiger partial charge in [0.2, 0.25) is 0 Å². The topological polar surface area (TPSA) is 57.0 Å². The maximum Gasteiger partial charge on any atom is 0.267 e. The molecular formula is C19H19N3O2S. The first-order valence-corrected chi connectivity index (χ1v) is 9.41. The van der Waals surface area contributed by atoms with Gasteiger partial charge in [-0.25, -0.2) is 14.5 Å². The minimum absolute atomic E-state index is 0.0847. The Balaban J connectivity index is 1.83. The van der Waals surface area contributed by atoms with Crippen LogP contribution in [0.15, 0.2) is 52.4 Å². The number of rotatable bonds is 4. The maximum absolute atomic E-state index is 13.1. The molecule has 128 valence electrons. The smallest absolute Gasteiger partial charge is 0.267 e. The minimum Gasteiger partial charge on any atom is -0.377 e. The van der Waals surface area contributed by atoms with Crippen molar-refractivity contribution in [1.29, 1.82) is 0 Å². The Morgan fingerprint density at radius 3 is 2.88 bits per heavy atom.